The standard InChI is InChI=1S/C14H26N2Si/c1-5-10(4)13-12(17)9-8-11(15-6-2)14(13)16-7-3/h8-10,15-16H,5-7H2,1-4,17H3. The fourth-order valence-electron chi connectivity index (χ4n) is 2.27. The summed E-state index contributed by atoms with van der Waals surface area (Å²) in [6.45, 7) is 10.9. The molecule has 96 valence electrons. The van der Waals surface area contributed by atoms with Crippen molar-refractivity contribution in [1.29, 1.82) is 0 Å². The van der Waals surface area contributed by atoms with E-state index in [1.165, 1.54) is 28.5 Å². The molecule has 3 heteroatoms. The van der Waals surface area contributed by atoms with Crippen LogP contribution in [0.1, 0.15) is 45.6 Å². The highest BCUT2D eigenvalue weighted by atomic mass is 28.1. The molecule has 1 rings (SSSR count). The normalized spacial score (nSPS) is 12.5. The van der Waals surface area contributed by atoms with Crippen LogP contribution in [0.4, 0.5) is 11.4 Å². The number of hydrogen-bond acceptors (Lipinski definition) is 2. The molecule has 0 amide bonds. The molecule has 2 nitrogen and oxygen atoms in total. The van der Waals surface area contributed by atoms with Crippen molar-refractivity contribution in [3.63, 3.8) is 0 Å². The van der Waals surface area contributed by atoms with E-state index in [2.05, 4.69) is 50.5 Å². The van der Waals surface area contributed by atoms with E-state index in [9.17, 15) is 0 Å². The second-order valence-corrected chi connectivity index (χ2v) is 5.67. The van der Waals surface area contributed by atoms with Gasteiger partial charge in [0.15, 0.2) is 0 Å². The van der Waals surface area contributed by atoms with Crippen LogP contribution in [0.25, 0.3) is 0 Å². The van der Waals surface area contributed by atoms with Gasteiger partial charge in [-0.1, -0.05) is 25.1 Å². The van der Waals surface area contributed by atoms with E-state index >= 15 is 0 Å². The van der Waals surface area contributed by atoms with Crippen LogP contribution in [0.2, 0.25) is 0 Å². The van der Waals surface area contributed by atoms with Gasteiger partial charge in [-0.25, -0.2) is 0 Å². The third-order valence-electron chi connectivity index (χ3n) is 3.29. The third kappa shape index (κ3) is 3.25. The van der Waals surface area contributed by atoms with Gasteiger partial charge < -0.3 is 10.6 Å². The molecular weight excluding hydrogens is 224 g/mol. The summed E-state index contributed by atoms with van der Waals surface area (Å²) >= 11 is 0. The number of benzene rings is 1. The monoisotopic (exact) mass is 250 g/mol. The summed E-state index contributed by atoms with van der Waals surface area (Å²) in [4.78, 5) is 0. The highest BCUT2D eigenvalue weighted by Crippen LogP contribution is 2.31. The summed E-state index contributed by atoms with van der Waals surface area (Å²) in [5, 5.41) is 8.53. The predicted molar refractivity (Wildman–Crippen MR) is 83.0 cm³/mol. The molecule has 0 saturated heterocycles. The van der Waals surface area contributed by atoms with Crippen molar-refractivity contribution in [2.24, 2.45) is 0 Å². The molecule has 0 bridgehead atoms. The van der Waals surface area contributed by atoms with Gasteiger partial charge in [-0.3, -0.25) is 0 Å². The second kappa shape index (κ2) is 6.69. The molecule has 0 saturated carbocycles. The average Bonchev–Trinajstić information content (AvgIpc) is 2.32. The number of hydrogen-bond donors (Lipinski definition) is 2. The Morgan fingerprint density at radius 3 is 2.29 bits per heavy atom. The Kier molecular flexibility index (Phi) is 5.55. The number of anilines is 2. The molecule has 0 aliphatic carbocycles. The summed E-state index contributed by atoms with van der Waals surface area (Å²) in [5.74, 6) is 0.634. The molecule has 0 heterocycles. The minimum absolute atomic E-state index is 0.634. The van der Waals surface area contributed by atoms with Crippen molar-refractivity contribution >= 4 is 26.8 Å². The van der Waals surface area contributed by atoms with Crippen LogP contribution in [0, 0.1) is 0 Å². The molecule has 0 fully saturated rings. The lowest BCUT2D eigenvalue weighted by Gasteiger charge is -2.22. The highest BCUT2D eigenvalue weighted by molar-refractivity contribution is 6.34. The van der Waals surface area contributed by atoms with Gasteiger partial charge in [0, 0.05) is 23.3 Å². The van der Waals surface area contributed by atoms with E-state index < -0.39 is 0 Å². The predicted octanol–water partition coefficient (Wildman–Crippen LogP) is 2.05. The molecular formula is C14H26N2Si. The quantitative estimate of drug-likeness (QED) is 0.755. The first-order valence-electron chi connectivity index (χ1n) is 6.76. The fraction of sp³-hybridized carbons (Fsp3) is 0.571. The highest BCUT2D eigenvalue weighted by Gasteiger charge is 2.14. The molecule has 0 aliphatic heterocycles. The zero-order valence-electron chi connectivity index (χ0n) is 11.9. The number of rotatable bonds is 6. The Labute approximate surface area is 109 Å². The van der Waals surface area contributed by atoms with Gasteiger partial charge in [0.2, 0.25) is 0 Å². The maximum Gasteiger partial charge on any atom is 0.0609 e. The molecule has 1 aromatic rings. The largest absolute Gasteiger partial charge is 0.384 e. The Morgan fingerprint density at radius 1 is 1.12 bits per heavy atom. The van der Waals surface area contributed by atoms with Gasteiger partial charge >= 0.3 is 0 Å². The molecule has 0 aromatic heterocycles. The minimum atomic E-state index is 0.634. The van der Waals surface area contributed by atoms with E-state index in [0.29, 0.717) is 5.92 Å². The zero-order valence-corrected chi connectivity index (χ0v) is 13.9. The maximum absolute atomic E-state index is 3.55. The lowest BCUT2D eigenvalue weighted by molar-refractivity contribution is 0.739. The van der Waals surface area contributed by atoms with E-state index in [4.69, 9.17) is 0 Å². The van der Waals surface area contributed by atoms with Crippen LogP contribution in [0.5, 0.6) is 0 Å². The molecule has 1 unspecified atom stereocenters. The van der Waals surface area contributed by atoms with Gasteiger partial charge in [-0.15, -0.1) is 0 Å². The van der Waals surface area contributed by atoms with Crippen molar-refractivity contribution in [2.45, 2.75) is 40.0 Å². The lowest BCUT2D eigenvalue weighted by Crippen LogP contribution is -2.18. The van der Waals surface area contributed by atoms with Crippen LogP contribution in [-0.2, 0) is 0 Å². The second-order valence-electron chi connectivity index (χ2n) is 4.59. The Morgan fingerprint density at radius 2 is 1.76 bits per heavy atom. The smallest absolute Gasteiger partial charge is 0.0609 e. The summed E-state index contributed by atoms with van der Waals surface area (Å²) in [7, 11) is 1.12. The summed E-state index contributed by atoms with van der Waals surface area (Å²) < 4.78 is 0. The van der Waals surface area contributed by atoms with Crippen molar-refractivity contribution < 1.29 is 0 Å². The number of nitrogens with one attached hydrogen (secondary N) is 2. The molecule has 0 radical (unpaired) electrons. The Hall–Kier alpha value is -0.963. The maximum atomic E-state index is 3.55. The van der Waals surface area contributed by atoms with Crippen LogP contribution in [-0.4, -0.2) is 23.3 Å². The summed E-state index contributed by atoms with van der Waals surface area (Å²) in [6, 6.07) is 4.50. The van der Waals surface area contributed by atoms with Crippen LogP contribution in [0.15, 0.2) is 12.1 Å². The first-order chi connectivity index (χ1) is 8.15. The minimum Gasteiger partial charge on any atom is -0.384 e. The first kappa shape index (κ1) is 14.1. The third-order valence-corrected chi connectivity index (χ3v) is 4.16. The van der Waals surface area contributed by atoms with Gasteiger partial charge in [0.05, 0.1) is 11.4 Å². The SMILES string of the molecule is CCNc1ccc([SiH3])c(C(C)CC)c1NCC. The van der Waals surface area contributed by atoms with E-state index in [1.54, 1.807) is 0 Å². The summed E-state index contributed by atoms with van der Waals surface area (Å²) in [6.07, 6.45) is 1.20. The molecule has 2 N–H and O–H groups in total. The van der Waals surface area contributed by atoms with Crippen molar-refractivity contribution in [1.82, 2.24) is 0 Å². The zero-order chi connectivity index (χ0) is 12.8. The van der Waals surface area contributed by atoms with Crippen molar-refractivity contribution in [3.8, 4) is 0 Å². The van der Waals surface area contributed by atoms with Crippen LogP contribution < -0.4 is 15.8 Å². The van der Waals surface area contributed by atoms with E-state index in [0.717, 1.165) is 23.3 Å². The Bertz CT molecular complexity index is 363. The van der Waals surface area contributed by atoms with Gasteiger partial charge in [0.25, 0.3) is 0 Å². The van der Waals surface area contributed by atoms with Crippen LogP contribution in [0.3, 0.4) is 0 Å². The summed E-state index contributed by atoms with van der Waals surface area (Å²) in [5.41, 5.74) is 4.11. The molecule has 0 aliphatic rings. The molecule has 1 atom stereocenters. The Balaban J connectivity index is 3.26. The fourth-order valence-corrected chi connectivity index (χ4v) is 3.18. The first-order valence-corrected chi connectivity index (χ1v) is 7.76. The molecule has 17 heavy (non-hydrogen) atoms. The topological polar surface area (TPSA) is 24.1 Å². The van der Waals surface area contributed by atoms with Gasteiger partial charge in [-0.05, 0) is 37.8 Å². The average molecular weight is 250 g/mol. The van der Waals surface area contributed by atoms with Crippen molar-refractivity contribution in [3.05, 3.63) is 17.7 Å². The van der Waals surface area contributed by atoms with Gasteiger partial charge in [0.1, 0.15) is 0 Å². The lowest BCUT2D eigenvalue weighted by atomic mass is 9.95. The molecule has 1 aromatic carbocycles. The van der Waals surface area contributed by atoms with E-state index in [-0.39, 0.29) is 0 Å². The van der Waals surface area contributed by atoms with Crippen LogP contribution >= 0.6 is 0 Å². The van der Waals surface area contributed by atoms with Crippen molar-refractivity contribution in [2.75, 3.05) is 23.7 Å². The van der Waals surface area contributed by atoms with E-state index in [1.807, 2.05) is 0 Å². The molecule has 0 spiro atoms. The van der Waals surface area contributed by atoms with Gasteiger partial charge in [-0.2, -0.15) is 0 Å².